The van der Waals surface area contributed by atoms with Crippen LogP contribution in [0.2, 0.25) is 0 Å². The number of ether oxygens (including phenoxy) is 4. The number of fused-ring (bicyclic) bond motifs is 2. The van der Waals surface area contributed by atoms with Gasteiger partial charge in [0.1, 0.15) is 11.9 Å². The molecule has 3 aliphatic heterocycles. The van der Waals surface area contributed by atoms with E-state index in [9.17, 15) is 9.59 Å². The van der Waals surface area contributed by atoms with E-state index >= 15 is 0 Å². The molecule has 2 aromatic carbocycles. The van der Waals surface area contributed by atoms with E-state index in [0.29, 0.717) is 29.5 Å². The second-order valence-corrected chi connectivity index (χ2v) is 9.58. The van der Waals surface area contributed by atoms with Crippen LogP contribution in [-0.4, -0.2) is 36.6 Å². The predicted molar refractivity (Wildman–Crippen MR) is 122 cm³/mol. The quantitative estimate of drug-likeness (QED) is 0.681. The minimum atomic E-state index is -0.510. The van der Waals surface area contributed by atoms with Gasteiger partial charge in [0.05, 0.1) is 24.6 Å². The molecule has 2 aromatic rings. The smallest absolute Gasteiger partial charge is 0.290 e. The first-order chi connectivity index (χ1) is 16.5. The molecule has 3 heterocycles. The largest absolute Gasteiger partial charge is 0.497 e. The van der Waals surface area contributed by atoms with Gasteiger partial charge in [-0.25, -0.2) is 0 Å². The molecule has 0 saturated heterocycles. The number of benzene rings is 2. The first kappa shape index (κ1) is 21.1. The van der Waals surface area contributed by atoms with Crippen LogP contribution < -0.4 is 14.2 Å². The normalized spacial score (nSPS) is 27.4. The molecular weight excluding hydrogens is 434 g/mol. The second-order valence-electron chi connectivity index (χ2n) is 9.58. The zero-order chi connectivity index (χ0) is 23.4. The van der Waals surface area contributed by atoms with Crippen molar-refractivity contribution in [2.75, 3.05) is 13.9 Å². The molecule has 7 heteroatoms. The Morgan fingerprint density at radius 3 is 2.62 bits per heavy atom. The Morgan fingerprint density at radius 1 is 1.03 bits per heavy atom. The van der Waals surface area contributed by atoms with E-state index in [1.54, 1.807) is 12.0 Å². The second kappa shape index (κ2) is 8.08. The monoisotopic (exact) mass is 461 g/mol. The first-order valence-electron chi connectivity index (χ1n) is 11.8. The van der Waals surface area contributed by atoms with Crippen LogP contribution >= 0.6 is 0 Å². The summed E-state index contributed by atoms with van der Waals surface area (Å²) in [5.41, 5.74) is 2.25. The van der Waals surface area contributed by atoms with Gasteiger partial charge in [-0.15, -0.1) is 0 Å². The number of Topliss-reactive ketones (excluding diaryl/α,β-unsaturated/α-hetero) is 1. The first-order valence-corrected chi connectivity index (χ1v) is 11.8. The highest BCUT2D eigenvalue weighted by atomic mass is 16.7. The number of carbonyl (C=O) groups is 2. The number of carbonyl (C=O) groups excluding carboxylic acids is 2. The summed E-state index contributed by atoms with van der Waals surface area (Å²) in [5, 5.41) is 0. The lowest BCUT2D eigenvalue weighted by atomic mass is 9.74. The Labute approximate surface area is 198 Å². The highest BCUT2D eigenvalue weighted by Crippen LogP contribution is 2.48. The molecule has 0 radical (unpaired) electrons. The van der Waals surface area contributed by atoms with Gasteiger partial charge in [-0.05, 0) is 60.6 Å². The van der Waals surface area contributed by atoms with Crippen molar-refractivity contribution in [1.29, 1.82) is 0 Å². The van der Waals surface area contributed by atoms with Gasteiger partial charge in [0.25, 0.3) is 5.91 Å². The molecule has 4 aliphatic rings. The maximum absolute atomic E-state index is 13.8. The fraction of sp³-hybridized carbons (Fsp3) is 0.407. The molecule has 0 N–H and O–H groups in total. The highest BCUT2D eigenvalue weighted by molar-refractivity contribution is 6.11. The van der Waals surface area contributed by atoms with Crippen LogP contribution in [0.4, 0.5) is 0 Å². The number of methoxy groups -OCH3 is 1. The van der Waals surface area contributed by atoms with Gasteiger partial charge in [0.2, 0.25) is 6.79 Å². The molecule has 1 aliphatic carbocycles. The van der Waals surface area contributed by atoms with Crippen molar-refractivity contribution < 1.29 is 28.5 Å². The molecule has 4 unspecified atom stereocenters. The number of ketones is 1. The predicted octanol–water partition coefficient (Wildman–Crippen LogP) is 4.17. The maximum Gasteiger partial charge on any atom is 0.290 e. The number of nitrogens with zero attached hydrogens (tertiary/aromatic N) is 1. The van der Waals surface area contributed by atoms with Crippen LogP contribution in [0, 0.1) is 11.8 Å². The van der Waals surface area contributed by atoms with Crippen molar-refractivity contribution >= 4 is 11.7 Å². The number of hydrogen-bond acceptors (Lipinski definition) is 6. The third-order valence-corrected chi connectivity index (χ3v) is 7.43. The Balaban J connectivity index is 1.40. The summed E-state index contributed by atoms with van der Waals surface area (Å²) in [5.74, 6) is 2.39. The lowest BCUT2D eigenvalue weighted by Gasteiger charge is -2.37. The summed E-state index contributed by atoms with van der Waals surface area (Å²) in [6.45, 7) is 2.69. The Hall–Kier alpha value is -3.48. The summed E-state index contributed by atoms with van der Waals surface area (Å²) in [6.07, 6.45) is 2.39. The van der Waals surface area contributed by atoms with Gasteiger partial charge >= 0.3 is 0 Å². The average Bonchev–Trinajstić information content (AvgIpc) is 3.43. The van der Waals surface area contributed by atoms with Crippen molar-refractivity contribution in [1.82, 2.24) is 4.90 Å². The molecule has 1 amide bonds. The average molecular weight is 462 g/mol. The molecular formula is C27H27NO6. The topological polar surface area (TPSA) is 74.3 Å². The zero-order valence-corrected chi connectivity index (χ0v) is 19.3. The summed E-state index contributed by atoms with van der Waals surface area (Å²) in [4.78, 5) is 29.2. The van der Waals surface area contributed by atoms with Crippen molar-refractivity contribution in [2.45, 2.75) is 44.9 Å². The molecule has 0 bridgehead atoms. The standard InChI is InChI=1S/C27H27NO6/c1-15-3-9-20-19(11-15)25(29)23-24(17-5-7-18(31-2)8-6-17)28(27(30)26(23)34-20)13-16-4-10-21-22(12-16)33-14-32-21/h4-8,10,12,15,19-20,24H,3,9,11,13-14H2,1-2H3. The molecule has 176 valence electrons. The molecule has 7 nitrogen and oxygen atoms in total. The lowest BCUT2D eigenvalue weighted by molar-refractivity contribution is -0.136. The zero-order valence-electron chi connectivity index (χ0n) is 19.3. The molecule has 0 spiro atoms. The fourth-order valence-corrected chi connectivity index (χ4v) is 5.66. The van der Waals surface area contributed by atoms with Crippen LogP contribution in [0.1, 0.15) is 43.4 Å². The van der Waals surface area contributed by atoms with Crippen LogP contribution in [0.25, 0.3) is 0 Å². The Bertz CT molecular complexity index is 1190. The number of amides is 1. The highest BCUT2D eigenvalue weighted by Gasteiger charge is 2.52. The molecule has 4 atom stereocenters. The van der Waals surface area contributed by atoms with E-state index < -0.39 is 6.04 Å². The van der Waals surface area contributed by atoms with Crippen molar-refractivity contribution in [3.63, 3.8) is 0 Å². The third kappa shape index (κ3) is 3.33. The SMILES string of the molecule is COc1ccc(C2C3=C(OC4CCC(C)CC4C3=O)C(=O)N2Cc2ccc3c(c2)OCO3)cc1. The molecule has 34 heavy (non-hydrogen) atoms. The molecule has 1 fully saturated rings. The summed E-state index contributed by atoms with van der Waals surface area (Å²) in [6, 6.07) is 12.7. The minimum absolute atomic E-state index is 0.0557. The van der Waals surface area contributed by atoms with E-state index in [0.717, 1.165) is 36.1 Å². The van der Waals surface area contributed by atoms with Crippen LogP contribution in [0.3, 0.4) is 0 Å². The van der Waals surface area contributed by atoms with Gasteiger partial charge in [-0.1, -0.05) is 25.1 Å². The summed E-state index contributed by atoms with van der Waals surface area (Å²) >= 11 is 0. The van der Waals surface area contributed by atoms with Crippen molar-refractivity contribution in [3.05, 3.63) is 64.9 Å². The molecule has 1 saturated carbocycles. The lowest BCUT2D eigenvalue weighted by Crippen LogP contribution is -2.41. The number of hydrogen-bond donors (Lipinski definition) is 0. The van der Waals surface area contributed by atoms with Crippen molar-refractivity contribution in [3.8, 4) is 17.2 Å². The van der Waals surface area contributed by atoms with E-state index in [-0.39, 0.29) is 36.3 Å². The molecule has 0 aromatic heterocycles. The van der Waals surface area contributed by atoms with E-state index in [1.807, 2.05) is 42.5 Å². The fourth-order valence-electron chi connectivity index (χ4n) is 5.66. The van der Waals surface area contributed by atoms with Gasteiger partial charge in [-0.3, -0.25) is 9.59 Å². The van der Waals surface area contributed by atoms with Gasteiger partial charge in [0.15, 0.2) is 23.0 Å². The van der Waals surface area contributed by atoms with Crippen LogP contribution in [-0.2, 0) is 20.9 Å². The van der Waals surface area contributed by atoms with E-state index in [2.05, 4.69) is 6.92 Å². The van der Waals surface area contributed by atoms with Crippen LogP contribution in [0.15, 0.2) is 53.8 Å². The molecule has 6 rings (SSSR count). The van der Waals surface area contributed by atoms with Crippen molar-refractivity contribution in [2.24, 2.45) is 11.8 Å². The third-order valence-electron chi connectivity index (χ3n) is 7.43. The summed E-state index contributed by atoms with van der Waals surface area (Å²) < 4.78 is 22.5. The Morgan fingerprint density at radius 2 is 1.82 bits per heavy atom. The van der Waals surface area contributed by atoms with Gasteiger partial charge in [0, 0.05) is 6.54 Å². The van der Waals surface area contributed by atoms with E-state index in [1.165, 1.54) is 0 Å². The van der Waals surface area contributed by atoms with Gasteiger partial charge in [-0.2, -0.15) is 0 Å². The Kier molecular flexibility index (Phi) is 5.01. The maximum atomic E-state index is 13.8. The van der Waals surface area contributed by atoms with Crippen LogP contribution in [0.5, 0.6) is 17.2 Å². The number of rotatable bonds is 4. The van der Waals surface area contributed by atoms with Gasteiger partial charge < -0.3 is 23.8 Å². The summed E-state index contributed by atoms with van der Waals surface area (Å²) in [7, 11) is 1.61. The van der Waals surface area contributed by atoms with E-state index in [4.69, 9.17) is 18.9 Å². The minimum Gasteiger partial charge on any atom is -0.497 e.